The van der Waals surface area contributed by atoms with Gasteiger partial charge in [0.2, 0.25) is 0 Å². The first-order valence-electron chi connectivity index (χ1n) is 12.4. The van der Waals surface area contributed by atoms with Gasteiger partial charge in [0, 0.05) is 41.6 Å². The van der Waals surface area contributed by atoms with Gasteiger partial charge in [-0.05, 0) is 55.2 Å². The van der Waals surface area contributed by atoms with Crippen LogP contribution in [0.1, 0.15) is 59.6 Å². The maximum Gasteiger partial charge on any atom is 0.121 e. The molecule has 0 saturated heterocycles. The minimum absolute atomic E-state index is 0.739. The Bertz CT molecular complexity index is 1150. The molecule has 33 heavy (non-hydrogen) atoms. The summed E-state index contributed by atoms with van der Waals surface area (Å²) in [4.78, 5) is 9.19. The van der Waals surface area contributed by atoms with Crippen molar-refractivity contribution in [1.82, 2.24) is 19.7 Å². The standard InChI is InChI=1S/C24H24N4O.2C2H6/c1-2-3-15-29-17-9-10-18-19(11-13-26-21(18)16-17)23-22-8-6-14-28(22)27-24(23)20-7-4-5-12-25-20;2*1-2/h4-5,7,9-13,16H,2-3,6,8,14-15H2,1H3;2*1-2H3. The molecule has 4 heterocycles. The van der Waals surface area contributed by atoms with E-state index in [1.54, 1.807) is 0 Å². The van der Waals surface area contributed by atoms with Gasteiger partial charge >= 0.3 is 0 Å². The van der Waals surface area contributed by atoms with Gasteiger partial charge in [-0.1, -0.05) is 47.1 Å². The highest BCUT2D eigenvalue weighted by atomic mass is 16.5. The topological polar surface area (TPSA) is 52.8 Å². The lowest BCUT2D eigenvalue weighted by atomic mass is 9.96. The number of hydrogen-bond acceptors (Lipinski definition) is 4. The molecule has 0 amide bonds. The van der Waals surface area contributed by atoms with Crippen molar-refractivity contribution in [3.8, 4) is 28.3 Å². The third-order valence-corrected chi connectivity index (χ3v) is 5.50. The SMILES string of the molecule is CC.CC.CCCCOc1ccc2c(-c3c(-c4ccccn4)nn4c3CCC4)ccnc2c1. The number of aromatic nitrogens is 4. The summed E-state index contributed by atoms with van der Waals surface area (Å²) in [6.45, 7) is 11.9. The number of unbranched alkanes of at least 4 members (excludes halogenated alkanes) is 1. The average Bonchev–Trinajstić information content (AvgIpc) is 3.48. The molecule has 174 valence electrons. The van der Waals surface area contributed by atoms with Gasteiger partial charge < -0.3 is 4.74 Å². The molecule has 0 spiro atoms. The van der Waals surface area contributed by atoms with Crippen LogP contribution in [0.3, 0.4) is 0 Å². The maximum atomic E-state index is 5.89. The zero-order valence-corrected chi connectivity index (χ0v) is 20.6. The van der Waals surface area contributed by atoms with Crippen LogP contribution >= 0.6 is 0 Å². The van der Waals surface area contributed by atoms with E-state index in [0.717, 1.165) is 66.9 Å². The van der Waals surface area contributed by atoms with Crippen LogP contribution in [-0.2, 0) is 13.0 Å². The van der Waals surface area contributed by atoms with Crippen molar-refractivity contribution in [2.75, 3.05) is 6.61 Å². The predicted octanol–water partition coefficient (Wildman–Crippen LogP) is 7.34. The van der Waals surface area contributed by atoms with Crippen LogP contribution in [0, 0.1) is 0 Å². The first kappa shape index (κ1) is 24.4. The molecule has 0 bridgehead atoms. The number of fused-ring (bicyclic) bond motifs is 2. The van der Waals surface area contributed by atoms with Crippen molar-refractivity contribution < 1.29 is 4.74 Å². The van der Waals surface area contributed by atoms with Gasteiger partial charge in [0.05, 0.1) is 17.8 Å². The zero-order valence-electron chi connectivity index (χ0n) is 20.6. The van der Waals surface area contributed by atoms with Crippen LogP contribution in [0.15, 0.2) is 54.9 Å². The first-order chi connectivity index (χ1) is 16.3. The number of hydrogen-bond donors (Lipinski definition) is 0. The Morgan fingerprint density at radius 2 is 1.82 bits per heavy atom. The van der Waals surface area contributed by atoms with Crippen LogP contribution in [0.25, 0.3) is 33.4 Å². The van der Waals surface area contributed by atoms with E-state index in [1.165, 1.54) is 16.8 Å². The molecule has 5 heteroatoms. The fraction of sp³-hybridized carbons (Fsp3) is 0.393. The maximum absolute atomic E-state index is 5.89. The van der Waals surface area contributed by atoms with Crippen molar-refractivity contribution in [2.45, 2.75) is 66.8 Å². The summed E-state index contributed by atoms with van der Waals surface area (Å²) in [5.41, 5.74) is 6.46. The summed E-state index contributed by atoms with van der Waals surface area (Å²) < 4.78 is 8.03. The molecule has 1 aromatic carbocycles. The summed E-state index contributed by atoms with van der Waals surface area (Å²) in [5.74, 6) is 0.876. The lowest BCUT2D eigenvalue weighted by molar-refractivity contribution is 0.310. The fourth-order valence-electron chi connectivity index (χ4n) is 4.07. The van der Waals surface area contributed by atoms with Crippen LogP contribution in [0.2, 0.25) is 0 Å². The normalized spacial score (nSPS) is 11.8. The summed E-state index contributed by atoms with van der Waals surface area (Å²) >= 11 is 0. The highest BCUT2D eigenvalue weighted by Gasteiger charge is 2.25. The largest absolute Gasteiger partial charge is 0.494 e. The predicted molar refractivity (Wildman–Crippen MR) is 138 cm³/mol. The highest BCUT2D eigenvalue weighted by Crippen LogP contribution is 2.40. The van der Waals surface area contributed by atoms with Crippen molar-refractivity contribution in [3.05, 3.63) is 60.6 Å². The Balaban J connectivity index is 0.000000728. The molecule has 0 fully saturated rings. The lowest BCUT2D eigenvalue weighted by Gasteiger charge is -2.11. The van der Waals surface area contributed by atoms with Gasteiger partial charge in [0.25, 0.3) is 0 Å². The Kier molecular flexibility index (Phi) is 8.99. The highest BCUT2D eigenvalue weighted by molar-refractivity contribution is 5.99. The molecule has 0 N–H and O–H groups in total. The number of nitrogens with zero attached hydrogens (tertiary/aromatic N) is 4. The first-order valence-corrected chi connectivity index (χ1v) is 12.4. The smallest absolute Gasteiger partial charge is 0.121 e. The Morgan fingerprint density at radius 1 is 0.970 bits per heavy atom. The lowest BCUT2D eigenvalue weighted by Crippen LogP contribution is -1.97. The molecule has 0 atom stereocenters. The molecule has 3 aromatic heterocycles. The molecular weight excluding hydrogens is 408 g/mol. The Morgan fingerprint density at radius 3 is 2.58 bits per heavy atom. The van der Waals surface area contributed by atoms with Gasteiger partial charge in [-0.25, -0.2) is 0 Å². The third-order valence-electron chi connectivity index (χ3n) is 5.50. The van der Waals surface area contributed by atoms with Gasteiger partial charge in [0.15, 0.2) is 0 Å². The molecular formula is C28H36N4O. The van der Waals surface area contributed by atoms with E-state index >= 15 is 0 Å². The molecule has 0 unspecified atom stereocenters. The van der Waals surface area contributed by atoms with Crippen molar-refractivity contribution in [2.24, 2.45) is 0 Å². The van der Waals surface area contributed by atoms with E-state index in [-0.39, 0.29) is 0 Å². The second-order valence-electron chi connectivity index (χ2n) is 7.45. The van der Waals surface area contributed by atoms with Crippen molar-refractivity contribution >= 4 is 10.9 Å². The molecule has 4 aromatic rings. The quantitative estimate of drug-likeness (QED) is 0.292. The van der Waals surface area contributed by atoms with E-state index in [2.05, 4.69) is 33.7 Å². The van der Waals surface area contributed by atoms with Crippen molar-refractivity contribution in [3.63, 3.8) is 0 Å². The van der Waals surface area contributed by atoms with E-state index in [4.69, 9.17) is 9.84 Å². The molecule has 5 nitrogen and oxygen atoms in total. The molecule has 0 saturated carbocycles. The van der Waals surface area contributed by atoms with Crippen molar-refractivity contribution in [1.29, 1.82) is 0 Å². The summed E-state index contributed by atoms with van der Waals surface area (Å²) in [6, 6.07) is 14.3. The van der Waals surface area contributed by atoms with Crippen LogP contribution in [0.4, 0.5) is 0 Å². The molecule has 1 aliphatic heterocycles. The average molecular weight is 445 g/mol. The van der Waals surface area contributed by atoms with E-state index < -0.39 is 0 Å². The molecule has 5 rings (SSSR count). The van der Waals surface area contributed by atoms with E-state index in [9.17, 15) is 0 Å². The van der Waals surface area contributed by atoms with Crippen LogP contribution in [-0.4, -0.2) is 26.4 Å². The number of pyridine rings is 2. The number of rotatable bonds is 6. The van der Waals surface area contributed by atoms with Crippen LogP contribution in [0.5, 0.6) is 5.75 Å². The van der Waals surface area contributed by atoms with Gasteiger partial charge in [-0.15, -0.1) is 0 Å². The summed E-state index contributed by atoms with van der Waals surface area (Å²) in [7, 11) is 0. The molecule has 0 aliphatic carbocycles. The van der Waals surface area contributed by atoms with Crippen LogP contribution < -0.4 is 4.74 Å². The zero-order chi connectivity index (χ0) is 23.6. The summed E-state index contributed by atoms with van der Waals surface area (Å²) in [6.07, 6.45) is 8.07. The monoisotopic (exact) mass is 444 g/mol. The second kappa shape index (κ2) is 12.1. The second-order valence-corrected chi connectivity index (χ2v) is 7.45. The third kappa shape index (κ3) is 5.24. The molecule has 0 radical (unpaired) electrons. The van der Waals surface area contributed by atoms with Gasteiger partial charge in [-0.2, -0.15) is 5.10 Å². The Labute approximate surface area is 197 Å². The van der Waals surface area contributed by atoms with Gasteiger partial charge in [0.1, 0.15) is 11.4 Å². The van der Waals surface area contributed by atoms with E-state index in [0.29, 0.717) is 0 Å². The summed E-state index contributed by atoms with van der Waals surface area (Å²) in [5, 5.41) is 6.04. The minimum atomic E-state index is 0.739. The van der Waals surface area contributed by atoms with E-state index in [1.807, 2.05) is 70.4 Å². The Hall–Kier alpha value is -3.21. The van der Waals surface area contributed by atoms with Gasteiger partial charge in [-0.3, -0.25) is 14.6 Å². The number of ether oxygens (including phenoxy) is 1. The number of aryl methyl sites for hydroxylation is 1. The molecule has 1 aliphatic rings. The fourth-order valence-corrected chi connectivity index (χ4v) is 4.07. The minimum Gasteiger partial charge on any atom is -0.494 e. The number of benzene rings is 1.